The normalized spacial score (nSPS) is 10.5. The first-order chi connectivity index (χ1) is 11.1. The number of nitrogens with one attached hydrogen (secondary N) is 1. The van der Waals surface area contributed by atoms with E-state index < -0.39 is 0 Å². The van der Waals surface area contributed by atoms with Gasteiger partial charge in [-0.2, -0.15) is 0 Å². The van der Waals surface area contributed by atoms with Gasteiger partial charge in [-0.25, -0.2) is 9.97 Å². The van der Waals surface area contributed by atoms with Crippen molar-refractivity contribution >= 4 is 38.4 Å². The average molecular weight is 372 g/mol. The number of halogens is 1. The quantitative estimate of drug-likeness (QED) is 0.758. The second kappa shape index (κ2) is 6.75. The van der Waals surface area contributed by atoms with Gasteiger partial charge in [-0.15, -0.1) is 0 Å². The number of hydrogen-bond donors (Lipinski definition) is 1. The second-order valence-corrected chi connectivity index (χ2v) is 5.96. The zero-order chi connectivity index (χ0) is 16.2. The SMILES string of the molecule is Cc1ccc(NC(=O)COc2ncnc3ccc(Br)cc23)cc1. The van der Waals surface area contributed by atoms with Gasteiger partial charge in [0.25, 0.3) is 5.91 Å². The van der Waals surface area contributed by atoms with E-state index in [0.717, 1.165) is 26.6 Å². The third-order valence-electron chi connectivity index (χ3n) is 3.24. The first kappa shape index (κ1) is 15.4. The van der Waals surface area contributed by atoms with E-state index in [1.807, 2.05) is 49.4 Å². The number of aromatic nitrogens is 2. The Hall–Kier alpha value is -2.47. The molecule has 0 spiro atoms. The standard InChI is InChI=1S/C17H14BrN3O2/c1-11-2-5-13(6-3-11)21-16(22)9-23-17-14-8-12(18)4-7-15(14)19-10-20-17/h2-8,10H,9H2,1H3,(H,21,22). The molecule has 6 heteroatoms. The van der Waals surface area contributed by atoms with Crippen LogP contribution in [0.25, 0.3) is 10.9 Å². The van der Waals surface area contributed by atoms with Crippen LogP contribution in [0.3, 0.4) is 0 Å². The van der Waals surface area contributed by atoms with Crippen LogP contribution in [0.2, 0.25) is 0 Å². The van der Waals surface area contributed by atoms with Gasteiger partial charge in [0.15, 0.2) is 6.61 Å². The lowest BCUT2D eigenvalue weighted by Gasteiger charge is -2.09. The van der Waals surface area contributed by atoms with Crippen LogP contribution in [-0.2, 0) is 4.79 Å². The van der Waals surface area contributed by atoms with E-state index in [-0.39, 0.29) is 12.5 Å². The van der Waals surface area contributed by atoms with Crippen LogP contribution in [-0.4, -0.2) is 22.5 Å². The first-order valence-electron chi connectivity index (χ1n) is 7.01. The van der Waals surface area contributed by atoms with Gasteiger partial charge >= 0.3 is 0 Å². The number of nitrogens with zero attached hydrogens (tertiary/aromatic N) is 2. The number of benzene rings is 2. The molecule has 0 aliphatic heterocycles. The third-order valence-corrected chi connectivity index (χ3v) is 3.73. The number of rotatable bonds is 4. The van der Waals surface area contributed by atoms with Crippen LogP contribution in [0.1, 0.15) is 5.56 Å². The summed E-state index contributed by atoms with van der Waals surface area (Å²) in [6.45, 7) is 1.87. The molecule has 2 aromatic carbocycles. The van der Waals surface area contributed by atoms with Crippen LogP contribution in [0.15, 0.2) is 53.3 Å². The Kier molecular flexibility index (Phi) is 4.52. The number of anilines is 1. The van der Waals surface area contributed by atoms with Crippen molar-refractivity contribution in [2.24, 2.45) is 0 Å². The number of ether oxygens (including phenoxy) is 1. The summed E-state index contributed by atoms with van der Waals surface area (Å²) >= 11 is 3.41. The van der Waals surface area contributed by atoms with E-state index in [4.69, 9.17) is 4.74 Å². The molecular formula is C17H14BrN3O2. The highest BCUT2D eigenvalue weighted by Gasteiger charge is 2.09. The number of carbonyl (C=O) groups excluding carboxylic acids is 1. The van der Waals surface area contributed by atoms with Crippen molar-refractivity contribution in [1.29, 1.82) is 0 Å². The number of hydrogen-bond acceptors (Lipinski definition) is 4. The number of fused-ring (bicyclic) bond motifs is 1. The highest BCUT2D eigenvalue weighted by Crippen LogP contribution is 2.24. The summed E-state index contributed by atoms with van der Waals surface area (Å²) in [6.07, 6.45) is 1.42. The molecule has 0 bridgehead atoms. The van der Waals surface area contributed by atoms with Gasteiger partial charge in [0.1, 0.15) is 6.33 Å². The fourth-order valence-electron chi connectivity index (χ4n) is 2.09. The van der Waals surface area contributed by atoms with Crippen molar-refractivity contribution in [3.63, 3.8) is 0 Å². The van der Waals surface area contributed by atoms with Crippen LogP contribution < -0.4 is 10.1 Å². The number of amides is 1. The lowest BCUT2D eigenvalue weighted by Crippen LogP contribution is -2.20. The van der Waals surface area contributed by atoms with E-state index in [0.29, 0.717) is 5.88 Å². The predicted octanol–water partition coefficient (Wildman–Crippen LogP) is 3.72. The molecule has 0 aliphatic rings. The highest BCUT2D eigenvalue weighted by molar-refractivity contribution is 9.10. The van der Waals surface area contributed by atoms with Crippen LogP contribution in [0.5, 0.6) is 5.88 Å². The van der Waals surface area contributed by atoms with E-state index in [2.05, 4.69) is 31.2 Å². The lowest BCUT2D eigenvalue weighted by atomic mass is 10.2. The molecule has 0 fully saturated rings. The predicted molar refractivity (Wildman–Crippen MR) is 92.5 cm³/mol. The van der Waals surface area contributed by atoms with Gasteiger partial charge in [0.2, 0.25) is 5.88 Å². The van der Waals surface area contributed by atoms with Crippen molar-refractivity contribution < 1.29 is 9.53 Å². The summed E-state index contributed by atoms with van der Waals surface area (Å²) in [7, 11) is 0. The summed E-state index contributed by atoms with van der Waals surface area (Å²) in [4.78, 5) is 20.3. The topological polar surface area (TPSA) is 64.1 Å². The molecule has 5 nitrogen and oxygen atoms in total. The summed E-state index contributed by atoms with van der Waals surface area (Å²) < 4.78 is 6.45. The van der Waals surface area contributed by atoms with Crippen LogP contribution >= 0.6 is 15.9 Å². The van der Waals surface area contributed by atoms with E-state index >= 15 is 0 Å². The molecule has 3 rings (SSSR count). The summed E-state index contributed by atoms with van der Waals surface area (Å²) in [5.41, 5.74) is 2.63. The molecule has 116 valence electrons. The Morgan fingerprint density at radius 1 is 1.17 bits per heavy atom. The molecule has 23 heavy (non-hydrogen) atoms. The van der Waals surface area contributed by atoms with Gasteiger partial charge in [0.05, 0.1) is 10.9 Å². The molecule has 1 N–H and O–H groups in total. The summed E-state index contributed by atoms with van der Waals surface area (Å²) in [6, 6.07) is 13.2. The molecule has 0 unspecified atom stereocenters. The largest absolute Gasteiger partial charge is 0.467 e. The summed E-state index contributed by atoms with van der Waals surface area (Å²) in [5, 5.41) is 3.54. The van der Waals surface area contributed by atoms with E-state index in [1.165, 1.54) is 6.33 Å². The monoisotopic (exact) mass is 371 g/mol. The smallest absolute Gasteiger partial charge is 0.262 e. The molecule has 0 atom stereocenters. The van der Waals surface area contributed by atoms with Crippen molar-refractivity contribution in [3.05, 3.63) is 58.8 Å². The van der Waals surface area contributed by atoms with Gasteiger partial charge in [-0.1, -0.05) is 33.6 Å². The molecule has 0 aliphatic carbocycles. The van der Waals surface area contributed by atoms with Crippen LogP contribution in [0.4, 0.5) is 5.69 Å². The molecule has 1 aromatic heterocycles. The molecule has 1 amide bonds. The molecule has 0 radical (unpaired) electrons. The average Bonchev–Trinajstić information content (AvgIpc) is 2.55. The minimum atomic E-state index is -0.240. The maximum atomic E-state index is 12.0. The van der Waals surface area contributed by atoms with Gasteiger partial charge in [0, 0.05) is 10.2 Å². The lowest BCUT2D eigenvalue weighted by molar-refractivity contribution is -0.118. The molecule has 3 aromatic rings. The maximum Gasteiger partial charge on any atom is 0.262 e. The highest BCUT2D eigenvalue weighted by atomic mass is 79.9. The second-order valence-electron chi connectivity index (χ2n) is 5.04. The zero-order valence-corrected chi connectivity index (χ0v) is 14.0. The molecule has 0 saturated carbocycles. The Bertz CT molecular complexity index is 850. The van der Waals surface area contributed by atoms with E-state index in [9.17, 15) is 4.79 Å². The van der Waals surface area contributed by atoms with Crippen molar-refractivity contribution in [2.75, 3.05) is 11.9 Å². The van der Waals surface area contributed by atoms with E-state index in [1.54, 1.807) is 0 Å². The third kappa shape index (κ3) is 3.84. The Morgan fingerprint density at radius 2 is 1.96 bits per heavy atom. The Labute approximate surface area is 141 Å². The maximum absolute atomic E-state index is 12.0. The number of carbonyl (C=O) groups is 1. The van der Waals surface area contributed by atoms with Crippen molar-refractivity contribution in [3.8, 4) is 5.88 Å². The van der Waals surface area contributed by atoms with Gasteiger partial charge in [-0.05, 0) is 37.3 Å². The zero-order valence-electron chi connectivity index (χ0n) is 12.4. The minimum absolute atomic E-state index is 0.119. The molecule has 1 heterocycles. The fraction of sp³-hybridized carbons (Fsp3) is 0.118. The fourth-order valence-corrected chi connectivity index (χ4v) is 2.45. The van der Waals surface area contributed by atoms with Gasteiger partial charge in [-0.3, -0.25) is 4.79 Å². The van der Waals surface area contributed by atoms with Crippen LogP contribution in [0, 0.1) is 6.92 Å². The Morgan fingerprint density at radius 3 is 2.74 bits per heavy atom. The first-order valence-corrected chi connectivity index (χ1v) is 7.81. The minimum Gasteiger partial charge on any atom is -0.467 e. The van der Waals surface area contributed by atoms with Crippen molar-refractivity contribution in [1.82, 2.24) is 9.97 Å². The molecule has 0 saturated heterocycles. The Balaban J connectivity index is 1.69. The number of aryl methyl sites for hydroxylation is 1. The van der Waals surface area contributed by atoms with Crippen molar-refractivity contribution in [2.45, 2.75) is 6.92 Å². The van der Waals surface area contributed by atoms with Gasteiger partial charge < -0.3 is 10.1 Å². The summed E-state index contributed by atoms with van der Waals surface area (Å²) in [5.74, 6) is 0.144. The molecular weight excluding hydrogens is 358 g/mol.